The number of halogens is 3. The van der Waals surface area contributed by atoms with E-state index in [9.17, 15) is 8.78 Å². The maximum absolute atomic E-state index is 11.7. The van der Waals surface area contributed by atoms with E-state index in [4.69, 9.17) is 5.73 Å². The van der Waals surface area contributed by atoms with E-state index in [2.05, 4.69) is 4.74 Å². The molecule has 1 aromatic rings. The Balaban J connectivity index is 2.86. The van der Waals surface area contributed by atoms with Gasteiger partial charge in [0.1, 0.15) is 5.75 Å². The van der Waals surface area contributed by atoms with E-state index in [1.54, 1.807) is 6.07 Å². The van der Waals surface area contributed by atoms with Crippen molar-refractivity contribution in [1.29, 1.82) is 0 Å². The Bertz CT molecular complexity index is 280. The number of benzene rings is 1. The van der Waals surface area contributed by atoms with Crippen LogP contribution in [0.4, 0.5) is 14.5 Å². The van der Waals surface area contributed by atoms with Crippen LogP contribution >= 0.6 is 22.6 Å². The van der Waals surface area contributed by atoms with Crippen LogP contribution in [0.15, 0.2) is 18.2 Å². The van der Waals surface area contributed by atoms with Gasteiger partial charge in [-0.15, -0.1) is 0 Å². The van der Waals surface area contributed by atoms with Gasteiger partial charge in [-0.2, -0.15) is 8.78 Å². The first-order valence-electron chi connectivity index (χ1n) is 3.09. The van der Waals surface area contributed by atoms with Gasteiger partial charge in [0.15, 0.2) is 0 Å². The second-order valence-electron chi connectivity index (χ2n) is 2.07. The minimum absolute atomic E-state index is 0.153. The van der Waals surface area contributed by atoms with Crippen LogP contribution < -0.4 is 10.5 Å². The third kappa shape index (κ3) is 2.47. The molecule has 66 valence electrons. The molecule has 0 saturated carbocycles. The summed E-state index contributed by atoms with van der Waals surface area (Å²) in [4.78, 5) is 0. The van der Waals surface area contributed by atoms with Crippen molar-refractivity contribution in [3.8, 4) is 5.75 Å². The molecular formula is C7H6F2INO. The minimum Gasteiger partial charge on any atom is -0.434 e. The van der Waals surface area contributed by atoms with E-state index in [1.807, 2.05) is 22.6 Å². The summed E-state index contributed by atoms with van der Waals surface area (Å²) in [6.07, 6.45) is 0. The number of anilines is 1. The highest BCUT2D eigenvalue weighted by atomic mass is 127. The summed E-state index contributed by atoms with van der Waals surface area (Å²) in [5.74, 6) is 0.153. The molecule has 0 heterocycles. The van der Waals surface area contributed by atoms with E-state index < -0.39 is 6.61 Å². The highest BCUT2D eigenvalue weighted by Crippen LogP contribution is 2.24. The summed E-state index contributed by atoms with van der Waals surface area (Å²) in [5, 5.41) is 0. The number of hydrogen-bond acceptors (Lipinski definition) is 2. The second-order valence-corrected chi connectivity index (χ2v) is 3.23. The fraction of sp³-hybridized carbons (Fsp3) is 0.143. The number of rotatable bonds is 2. The van der Waals surface area contributed by atoms with Crippen LogP contribution in [0.25, 0.3) is 0 Å². The van der Waals surface area contributed by atoms with Crippen LogP contribution in [0.1, 0.15) is 0 Å². The Labute approximate surface area is 81.8 Å². The van der Waals surface area contributed by atoms with Crippen molar-refractivity contribution in [2.75, 3.05) is 5.73 Å². The van der Waals surface area contributed by atoms with Gasteiger partial charge in [0.2, 0.25) is 0 Å². The standard InChI is InChI=1S/C7H6F2INO/c8-7(9)12-6-2-1-4(11)3-5(6)10/h1-3,7H,11H2. The molecule has 12 heavy (non-hydrogen) atoms. The van der Waals surface area contributed by atoms with Crippen LogP contribution in [0, 0.1) is 3.57 Å². The zero-order valence-corrected chi connectivity index (χ0v) is 8.09. The van der Waals surface area contributed by atoms with Crippen molar-refractivity contribution >= 4 is 28.3 Å². The zero-order chi connectivity index (χ0) is 9.14. The third-order valence-corrected chi connectivity index (χ3v) is 2.02. The molecule has 1 rings (SSSR count). The highest BCUT2D eigenvalue weighted by molar-refractivity contribution is 14.1. The van der Waals surface area contributed by atoms with Gasteiger partial charge in [-0.25, -0.2) is 0 Å². The molecule has 1 aromatic carbocycles. The molecule has 0 aliphatic rings. The first-order valence-corrected chi connectivity index (χ1v) is 4.17. The quantitative estimate of drug-likeness (QED) is 0.669. The molecule has 2 N–H and O–H groups in total. The monoisotopic (exact) mass is 285 g/mol. The Morgan fingerprint density at radius 1 is 1.42 bits per heavy atom. The minimum atomic E-state index is -2.79. The molecule has 0 amide bonds. The van der Waals surface area contributed by atoms with E-state index in [1.165, 1.54) is 12.1 Å². The summed E-state index contributed by atoms with van der Waals surface area (Å²) in [6.45, 7) is -2.79. The topological polar surface area (TPSA) is 35.2 Å². The molecule has 0 aliphatic heterocycles. The van der Waals surface area contributed by atoms with Gasteiger partial charge < -0.3 is 10.5 Å². The van der Waals surface area contributed by atoms with Crippen LogP contribution in [0.2, 0.25) is 0 Å². The molecule has 0 aliphatic carbocycles. The van der Waals surface area contributed by atoms with Crippen LogP contribution in [-0.4, -0.2) is 6.61 Å². The highest BCUT2D eigenvalue weighted by Gasteiger charge is 2.07. The summed E-state index contributed by atoms with van der Waals surface area (Å²) < 4.78 is 28.3. The lowest BCUT2D eigenvalue weighted by atomic mass is 10.3. The van der Waals surface area contributed by atoms with Crippen molar-refractivity contribution < 1.29 is 13.5 Å². The number of nitrogen functional groups attached to an aromatic ring is 1. The lowest BCUT2D eigenvalue weighted by molar-refractivity contribution is -0.0504. The van der Waals surface area contributed by atoms with Crippen LogP contribution in [0.5, 0.6) is 5.75 Å². The summed E-state index contributed by atoms with van der Waals surface area (Å²) in [7, 11) is 0. The second kappa shape index (κ2) is 3.88. The van der Waals surface area contributed by atoms with Crippen LogP contribution in [0.3, 0.4) is 0 Å². The molecule has 0 spiro atoms. The van der Waals surface area contributed by atoms with Crippen molar-refractivity contribution in [1.82, 2.24) is 0 Å². The molecule has 0 saturated heterocycles. The molecule has 2 nitrogen and oxygen atoms in total. The fourth-order valence-corrected chi connectivity index (χ4v) is 1.38. The maximum atomic E-state index is 11.7. The Morgan fingerprint density at radius 3 is 2.58 bits per heavy atom. The number of nitrogens with two attached hydrogens (primary N) is 1. The molecule has 0 radical (unpaired) electrons. The van der Waals surface area contributed by atoms with Gasteiger partial charge in [-0.1, -0.05) is 0 Å². The average Bonchev–Trinajstić information content (AvgIpc) is 1.94. The molecule has 0 atom stereocenters. The first kappa shape index (κ1) is 9.50. The van der Waals surface area contributed by atoms with Gasteiger partial charge in [-0.3, -0.25) is 0 Å². The van der Waals surface area contributed by atoms with Gasteiger partial charge in [0.05, 0.1) is 3.57 Å². The van der Waals surface area contributed by atoms with E-state index in [-0.39, 0.29) is 5.75 Å². The van der Waals surface area contributed by atoms with Crippen LogP contribution in [-0.2, 0) is 0 Å². The lowest BCUT2D eigenvalue weighted by Gasteiger charge is -2.06. The summed E-state index contributed by atoms with van der Waals surface area (Å²) in [6, 6.07) is 4.50. The zero-order valence-electron chi connectivity index (χ0n) is 5.93. The molecule has 0 aromatic heterocycles. The molecule has 5 heteroatoms. The Morgan fingerprint density at radius 2 is 2.08 bits per heavy atom. The molecule has 0 fully saturated rings. The largest absolute Gasteiger partial charge is 0.434 e. The maximum Gasteiger partial charge on any atom is 0.387 e. The number of alkyl halides is 2. The van der Waals surface area contributed by atoms with E-state index >= 15 is 0 Å². The third-order valence-electron chi connectivity index (χ3n) is 1.17. The predicted octanol–water partition coefficient (Wildman–Crippen LogP) is 2.47. The summed E-state index contributed by atoms with van der Waals surface area (Å²) >= 11 is 1.88. The van der Waals surface area contributed by atoms with Crippen molar-refractivity contribution in [3.05, 3.63) is 21.8 Å². The first-order chi connectivity index (χ1) is 5.59. The van der Waals surface area contributed by atoms with Crippen molar-refractivity contribution in [2.24, 2.45) is 0 Å². The fourth-order valence-electron chi connectivity index (χ4n) is 0.709. The summed E-state index contributed by atoms with van der Waals surface area (Å²) in [5.41, 5.74) is 5.94. The molecule has 0 unspecified atom stereocenters. The smallest absolute Gasteiger partial charge is 0.387 e. The van der Waals surface area contributed by atoms with E-state index in [0.717, 1.165) is 0 Å². The average molecular weight is 285 g/mol. The number of hydrogen-bond donors (Lipinski definition) is 1. The molecular weight excluding hydrogens is 279 g/mol. The predicted molar refractivity (Wildman–Crippen MR) is 50.2 cm³/mol. The Kier molecular flexibility index (Phi) is 3.07. The lowest BCUT2D eigenvalue weighted by Crippen LogP contribution is -2.03. The molecule has 0 bridgehead atoms. The van der Waals surface area contributed by atoms with Gasteiger partial charge in [0, 0.05) is 5.69 Å². The van der Waals surface area contributed by atoms with E-state index in [0.29, 0.717) is 9.26 Å². The Hall–Kier alpha value is -0.590. The van der Waals surface area contributed by atoms with Gasteiger partial charge >= 0.3 is 6.61 Å². The normalized spacial score (nSPS) is 10.3. The van der Waals surface area contributed by atoms with Crippen molar-refractivity contribution in [3.63, 3.8) is 0 Å². The SMILES string of the molecule is Nc1ccc(OC(F)F)c(I)c1. The number of ether oxygens (including phenoxy) is 1. The van der Waals surface area contributed by atoms with Gasteiger partial charge in [-0.05, 0) is 40.8 Å². The van der Waals surface area contributed by atoms with Crippen molar-refractivity contribution in [2.45, 2.75) is 6.61 Å². The van der Waals surface area contributed by atoms with Gasteiger partial charge in [0.25, 0.3) is 0 Å².